The van der Waals surface area contributed by atoms with Crippen LogP contribution >= 0.6 is 15.9 Å². The van der Waals surface area contributed by atoms with Crippen molar-refractivity contribution < 1.29 is 13.2 Å². The number of hydrogen-bond donors (Lipinski definition) is 2. The SMILES string of the molecule is CCCCC(C)NC(=O)c1cc(Br)c(C)c(S(N)(=O)=O)c1. The number of unbranched alkanes of at least 4 members (excludes halogenated alkanes) is 1. The molecule has 21 heavy (non-hydrogen) atoms. The van der Waals surface area contributed by atoms with Crippen molar-refractivity contribution >= 4 is 31.9 Å². The minimum absolute atomic E-state index is 0.0375. The summed E-state index contributed by atoms with van der Waals surface area (Å²) < 4.78 is 23.7. The number of nitrogens with one attached hydrogen (secondary N) is 1. The van der Waals surface area contributed by atoms with Gasteiger partial charge in [-0.2, -0.15) is 0 Å². The summed E-state index contributed by atoms with van der Waals surface area (Å²) >= 11 is 3.27. The Hall–Kier alpha value is -0.920. The number of nitrogens with two attached hydrogens (primary N) is 1. The Morgan fingerprint density at radius 2 is 2.05 bits per heavy atom. The zero-order valence-electron chi connectivity index (χ0n) is 12.4. The molecule has 0 saturated carbocycles. The second-order valence-corrected chi connectivity index (χ2v) is 7.53. The summed E-state index contributed by atoms with van der Waals surface area (Å²) in [6, 6.07) is 2.96. The number of rotatable bonds is 6. The molecule has 0 aliphatic heterocycles. The van der Waals surface area contributed by atoms with Gasteiger partial charge in [-0.3, -0.25) is 4.79 Å². The highest BCUT2D eigenvalue weighted by Gasteiger charge is 2.18. The second-order valence-electron chi connectivity index (χ2n) is 5.14. The summed E-state index contributed by atoms with van der Waals surface area (Å²) in [5.41, 5.74) is 0.771. The highest BCUT2D eigenvalue weighted by atomic mass is 79.9. The molecule has 0 aromatic heterocycles. The molecule has 0 bridgehead atoms. The molecule has 0 aliphatic rings. The van der Waals surface area contributed by atoms with E-state index in [9.17, 15) is 13.2 Å². The minimum Gasteiger partial charge on any atom is -0.350 e. The maximum absolute atomic E-state index is 12.2. The van der Waals surface area contributed by atoms with Crippen molar-refractivity contribution in [3.8, 4) is 0 Å². The van der Waals surface area contributed by atoms with Crippen molar-refractivity contribution in [2.45, 2.75) is 51.0 Å². The standard InChI is InChI=1S/C14H21BrN2O3S/c1-4-5-6-9(2)17-14(18)11-7-12(15)10(3)13(8-11)21(16,19)20/h7-9H,4-6H2,1-3H3,(H,17,18)(H2,16,19,20). The molecule has 0 heterocycles. The van der Waals surface area contributed by atoms with Gasteiger partial charge in [0.2, 0.25) is 10.0 Å². The van der Waals surface area contributed by atoms with Crippen molar-refractivity contribution in [1.82, 2.24) is 5.32 Å². The van der Waals surface area contributed by atoms with E-state index in [4.69, 9.17) is 5.14 Å². The second kappa shape index (κ2) is 7.38. The smallest absolute Gasteiger partial charge is 0.251 e. The van der Waals surface area contributed by atoms with Crippen molar-refractivity contribution in [2.75, 3.05) is 0 Å². The van der Waals surface area contributed by atoms with Gasteiger partial charge in [-0.1, -0.05) is 35.7 Å². The van der Waals surface area contributed by atoms with Gasteiger partial charge in [-0.25, -0.2) is 13.6 Å². The third kappa shape index (κ3) is 5.09. The van der Waals surface area contributed by atoms with E-state index >= 15 is 0 Å². The molecule has 0 aliphatic carbocycles. The molecule has 118 valence electrons. The number of carbonyl (C=O) groups is 1. The largest absolute Gasteiger partial charge is 0.350 e. The summed E-state index contributed by atoms with van der Waals surface area (Å²) in [6.07, 6.45) is 2.98. The van der Waals surface area contributed by atoms with Crippen LogP contribution < -0.4 is 10.5 Å². The molecule has 5 nitrogen and oxygen atoms in total. The Kier molecular flexibility index (Phi) is 6.37. The number of primary sulfonamides is 1. The normalized spacial score (nSPS) is 13.0. The van der Waals surface area contributed by atoms with Crippen LogP contribution in [-0.2, 0) is 10.0 Å². The third-order valence-corrected chi connectivity index (χ3v) is 5.09. The first-order valence-corrected chi connectivity index (χ1v) is 9.14. The number of amides is 1. The van der Waals surface area contributed by atoms with Gasteiger partial charge in [0, 0.05) is 16.1 Å². The lowest BCUT2D eigenvalue weighted by atomic mass is 10.1. The lowest BCUT2D eigenvalue weighted by molar-refractivity contribution is 0.0937. The summed E-state index contributed by atoms with van der Waals surface area (Å²) in [5.74, 6) is -0.302. The topological polar surface area (TPSA) is 89.3 Å². The molecule has 0 radical (unpaired) electrons. The Labute approximate surface area is 134 Å². The van der Waals surface area contributed by atoms with E-state index in [1.807, 2.05) is 6.92 Å². The van der Waals surface area contributed by atoms with Crippen LogP contribution in [0, 0.1) is 6.92 Å². The van der Waals surface area contributed by atoms with Crippen molar-refractivity contribution in [3.05, 3.63) is 27.7 Å². The lowest BCUT2D eigenvalue weighted by Crippen LogP contribution is -2.32. The highest BCUT2D eigenvalue weighted by Crippen LogP contribution is 2.25. The molecule has 0 fully saturated rings. The lowest BCUT2D eigenvalue weighted by Gasteiger charge is -2.15. The average Bonchev–Trinajstić information content (AvgIpc) is 2.37. The van der Waals surface area contributed by atoms with Gasteiger partial charge in [0.25, 0.3) is 5.91 Å². The first-order valence-electron chi connectivity index (χ1n) is 6.80. The molecule has 0 spiro atoms. The Morgan fingerprint density at radius 3 is 2.57 bits per heavy atom. The third-order valence-electron chi connectivity index (χ3n) is 3.23. The van der Waals surface area contributed by atoms with Crippen LogP contribution in [0.25, 0.3) is 0 Å². The fourth-order valence-electron chi connectivity index (χ4n) is 1.97. The number of hydrogen-bond acceptors (Lipinski definition) is 3. The molecule has 1 atom stereocenters. The molecule has 1 rings (SSSR count). The highest BCUT2D eigenvalue weighted by molar-refractivity contribution is 9.10. The molecule has 1 aromatic carbocycles. The van der Waals surface area contributed by atoms with Crippen molar-refractivity contribution in [3.63, 3.8) is 0 Å². The predicted octanol–water partition coefficient (Wildman–Crippen LogP) is 2.71. The van der Waals surface area contributed by atoms with Gasteiger partial charge in [0.1, 0.15) is 0 Å². The zero-order chi connectivity index (χ0) is 16.2. The predicted molar refractivity (Wildman–Crippen MR) is 86.7 cm³/mol. The summed E-state index contributed by atoms with van der Waals surface area (Å²) in [6.45, 7) is 5.65. The van der Waals surface area contributed by atoms with Crippen LogP contribution in [0.2, 0.25) is 0 Å². The van der Waals surface area contributed by atoms with Crippen LogP contribution in [0.4, 0.5) is 0 Å². The van der Waals surface area contributed by atoms with Crippen LogP contribution in [0.1, 0.15) is 49.0 Å². The fraction of sp³-hybridized carbons (Fsp3) is 0.500. The number of benzene rings is 1. The fourth-order valence-corrected chi connectivity index (χ4v) is 3.39. The van der Waals surface area contributed by atoms with E-state index in [1.165, 1.54) is 6.07 Å². The van der Waals surface area contributed by atoms with Gasteiger partial charge in [-0.05, 0) is 38.0 Å². The van der Waals surface area contributed by atoms with E-state index in [0.29, 0.717) is 10.0 Å². The van der Waals surface area contributed by atoms with E-state index in [1.54, 1.807) is 13.0 Å². The quantitative estimate of drug-likeness (QED) is 0.799. The molecule has 3 N–H and O–H groups in total. The van der Waals surface area contributed by atoms with Gasteiger partial charge < -0.3 is 5.32 Å². The Bertz CT molecular complexity index is 629. The summed E-state index contributed by atoms with van der Waals surface area (Å²) in [4.78, 5) is 12.2. The van der Waals surface area contributed by atoms with E-state index in [0.717, 1.165) is 19.3 Å². The molecule has 1 aromatic rings. The molecular weight excluding hydrogens is 356 g/mol. The molecular formula is C14H21BrN2O3S. The van der Waals surface area contributed by atoms with Gasteiger partial charge in [0.05, 0.1) is 4.90 Å². The van der Waals surface area contributed by atoms with Crippen LogP contribution in [0.5, 0.6) is 0 Å². The number of sulfonamides is 1. The van der Waals surface area contributed by atoms with Crippen LogP contribution in [0.15, 0.2) is 21.5 Å². The first-order chi connectivity index (χ1) is 9.66. The maximum atomic E-state index is 12.2. The van der Waals surface area contributed by atoms with Gasteiger partial charge >= 0.3 is 0 Å². The summed E-state index contributed by atoms with van der Waals surface area (Å²) in [5, 5.41) is 8.04. The minimum atomic E-state index is -3.86. The zero-order valence-corrected chi connectivity index (χ0v) is 14.8. The average molecular weight is 377 g/mol. The number of carbonyl (C=O) groups excluding carboxylic acids is 1. The Balaban J connectivity index is 3.04. The molecule has 0 saturated heterocycles. The molecule has 1 unspecified atom stereocenters. The van der Waals surface area contributed by atoms with Crippen molar-refractivity contribution in [2.24, 2.45) is 5.14 Å². The van der Waals surface area contributed by atoms with E-state index < -0.39 is 10.0 Å². The summed E-state index contributed by atoms with van der Waals surface area (Å²) in [7, 11) is -3.86. The van der Waals surface area contributed by atoms with E-state index in [2.05, 4.69) is 28.2 Å². The van der Waals surface area contributed by atoms with Crippen molar-refractivity contribution in [1.29, 1.82) is 0 Å². The van der Waals surface area contributed by atoms with Crippen LogP contribution in [0.3, 0.4) is 0 Å². The van der Waals surface area contributed by atoms with Gasteiger partial charge in [-0.15, -0.1) is 0 Å². The number of halogens is 1. The molecule has 7 heteroatoms. The van der Waals surface area contributed by atoms with Crippen LogP contribution in [-0.4, -0.2) is 20.4 Å². The molecule has 1 amide bonds. The Morgan fingerprint density at radius 1 is 1.43 bits per heavy atom. The maximum Gasteiger partial charge on any atom is 0.251 e. The monoisotopic (exact) mass is 376 g/mol. The van der Waals surface area contributed by atoms with Gasteiger partial charge in [0.15, 0.2) is 0 Å². The van der Waals surface area contributed by atoms with E-state index in [-0.39, 0.29) is 22.4 Å². The first kappa shape index (κ1) is 18.1.